The van der Waals surface area contributed by atoms with Gasteiger partial charge in [-0.2, -0.15) is 13.2 Å². The molecule has 0 fully saturated rings. The predicted molar refractivity (Wildman–Crippen MR) is 94.9 cm³/mol. The third-order valence-corrected chi connectivity index (χ3v) is 4.12. The molecule has 0 aromatic heterocycles. The Hall–Kier alpha value is -2.83. The smallest absolute Gasteiger partial charge is 0.358 e. The van der Waals surface area contributed by atoms with Gasteiger partial charge in [0.1, 0.15) is 0 Å². The number of allylic oxidation sites excluding steroid dienone is 4. The fraction of sp³-hybridized carbons (Fsp3) is 0.263. The van der Waals surface area contributed by atoms with Crippen molar-refractivity contribution in [3.63, 3.8) is 0 Å². The quantitative estimate of drug-likeness (QED) is 0.887. The number of dihydropyridines is 1. The van der Waals surface area contributed by atoms with E-state index in [1.54, 1.807) is 6.21 Å². The number of hydrogen-bond donors (Lipinski definition) is 1. The van der Waals surface area contributed by atoms with Crippen LogP contribution in [-0.4, -0.2) is 36.7 Å². The number of para-hydroxylation sites is 1. The molecule has 0 spiro atoms. The molecule has 1 N–H and O–H groups in total. The first-order chi connectivity index (χ1) is 12.4. The van der Waals surface area contributed by atoms with Gasteiger partial charge >= 0.3 is 6.18 Å². The van der Waals surface area contributed by atoms with E-state index in [9.17, 15) is 18.0 Å². The molecule has 0 unspecified atom stereocenters. The lowest BCUT2D eigenvalue weighted by Gasteiger charge is -2.30. The molecule has 1 aromatic carbocycles. The first-order valence-electron chi connectivity index (χ1n) is 8.22. The van der Waals surface area contributed by atoms with Crippen LogP contribution in [0, 0.1) is 0 Å². The highest BCUT2D eigenvalue weighted by Crippen LogP contribution is 2.34. The van der Waals surface area contributed by atoms with Crippen LogP contribution in [0.3, 0.4) is 0 Å². The van der Waals surface area contributed by atoms with E-state index in [1.807, 2.05) is 29.2 Å². The topological polar surface area (TPSA) is 44.7 Å². The fourth-order valence-electron chi connectivity index (χ4n) is 2.91. The molecule has 0 bridgehead atoms. The number of anilines is 1. The summed E-state index contributed by atoms with van der Waals surface area (Å²) < 4.78 is 39.2. The second-order valence-corrected chi connectivity index (χ2v) is 5.95. The average Bonchev–Trinajstić information content (AvgIpc) is 2.62. The van der Waals surface area contributed by atoms with Crippen LogP contribution in [-0.2, 0) is 11.0 Å². The number of nitrogens with zero attached hydrogens (tertiary/aromatic N) is 2. The monoisotopic (exact) mass is 361 g/mol. The molecule has 0 atom stereocenters. The number of carbonyl (C=O) groups excluding carboxylic acids is 1. The molecule has 0 radical (unpaired) electrons. The molecule has 1 aromatic rings. The summed E-state index contributed by atoms with van der Waals surface area (Å²) in [6.07, 6.45) is 5.60. The number of halogens is 3. The van der Waals surface area contributed by atoms with E-state index in [0.29, 0.717) is 13.1 Å². The summed E-state index contributed by atoms with van der Waals surface area (Å²) in [6.45, 7) is 1.18. The highest BCUT2D eigenvalue weighted by Gasteiger charge is 2.33. The minimum Gasteiger partial charge on any atom is -0.358 e. The van der Waals surface area contributed by atoms with E-state index >= 15 is 0 Å². The zero-order chi connectivity index (χ0) is 18.6. The highest BCUT2D eigenvalue weighted by molar-refractivity contribution is 5.93. The zero-order valence-corrected chi connectivity index (χ0v) is 14.0. The van der Waals surface area contributed by atoms with E-state index in [2.05, 4.69) is 10.3 Å². The first kappa shape index (κ1) is 18.0. The van der Waals surface area contributed by atoms with Gasteiger partial charge in [-0.3, -0.25) is 9.79 Å². The number of nitrogens with one attached hydrogen (secondary N) is 1. The number of hydrogen-bond acceptors (Lipinski definition) is 3. The molecule has 0 saturated heterocycles. The lowest BCUT2D eigenvalue weighted by molar-refractivity contribution is -0.137. The summed E-state index contributed by atoms with van der Waals surface area (Å²) in [4.78, 5) is 18.4. The molecular formula is C19H18F3N3O. The van der Waals surface area contributed by atoms with Crippen molar-refractivity contribution in [1.82, 2.24) is 4.90 Å². The van der Waals surface area contributed by atoms with Crippen LogP contribution in [0.15, 0.2) is 64.8 Å². The maximum absolute atomic E-state index is 13.1. The number of rotatable bonds is 4. The summed E-state index contributed by atoms with van der Waals surface area (Å²) in [7, 11) is 0. The number of benzene rings is 1. The molecule has 7 heteroatoms. The van der Waals surface area contributed by atoms with Crippen molar-refractivity contribution in [2.24, 2.45) is 4.99 Å². The molecule has 0 saturated carbocycles. The summed E-state index contributed by atoms with van der Waals surface area (Å²) in [6, 6.07) is 4.97. The Kier molecular flexibility index (Phi) is 5.25. The molecule has 2 aliphatic heterocycles. The SMILES string of the molecule is O=C(CN1CC=CC=C1C1=CC=NCC1)Nc1ccccc1C(F)(F)F. The van der Waals surface area contributed by atoms with Crippen LogP contribution < -0.4 is 5.32 Å². The van der Waals surface area contributed by atoms with E-state index in [0.717, 1.165) is 23.8 Å². The first-order valence-corrected chi connectivity index (χ1v) is 8.22. The van der Waals surface area contributed by atoms with Crippen molar-refractivity contribution in [2.75, 3.05) is 25.0 Å². The van der Waals surface area contributed by atoms with Crippen LogP contribution in [0.5, 0.6) is 0 Å². The van der Waals surface area contributed by atoms with Crippen LogP contribution in [0.2, 0.25) is 0 Å². The Balaban J connectivity index is 1.72. The van der Waals surface area contributed by atoms with E-state index in [4.69, 9.17) is 0 Å². The Morgan fingerprint density at radius 1 is 1.23 bits per heavy atom. The second-order valence-electron chi connectivity index (χ2n) is 5.95. The molecule has 2 heterocycles. The minimum atomic E-state index is -4.52. The van der Waals surface area contributed by atoms with Gasteiger partial charge in [-0.15, -0.1) is 0 Å². The van der Waals surface area contributed by atoms with Crippen molar-refractivity contribution in [1.29, 1.82) is 0 Å². The summed E-state index contributed by atoms with van der Waals surface area (Å²) in [5, 5.41) is 2.39. The molecule has 26 heavy (non-hydrogen) atoms. The van der Waals surface area contributed by atoms with Gasteiger partial charge in [-0.05, 0) is 36.3 Å². The molecule has 2 aliphatic rings. The maximum atomic E-state index is 13.1. The molecular weight excluding hydrogens is 343 g/mol. The average molecular weight is 361 g/mol. The van der Waals surface area contributed by atoms with Gasteiger partial charge in [-0.25, -0.2) is 0 Å². The van der Waals surface area contributed by atoms with Crippen LogP contribution >= 0.6 is 0 Å². The van der Waals surface area contributed by atoms with E-state index in [-0.39, 0.29) is 12.2 Å². The molecule has 4 nitrogen and oxygen atoms in total. The van der Waals surface area contributed by atoms with Crippen molar-refractivity contribution in [3.05, 3.63) is 65.4 Å². The van der Waals surface area contributed by atoms with Crippen molar-refractivity contribution < 1.29 is 18.0 Å². The standard InChI is InChI=1S/C19H18F3N3O/c20-19(21,22)15-5-1-2-6-16(15)24-18(26)13-25-12-4-3-7-17(25)14-8-10-23-11-9-14/h1-8,10H,9,11-13H2,(H,24,26). The number of aliphatic imine (C=N–C) groups is 1. The lowest BCUT2D eigenvalue weighted by Crippen LogP contribution is -2.35. The highest BCUT2D eigenvalue weighted by atomic mass is 19.4. The Bertz CT molecular complexity index is 806. The predicted octanol–water partition coefficient (Wildman–Crippen LogP) is 3.80. The Morgan fingerprint density at radius 3 is 2.77 bits per heavy atom. The normalized spacial score (nSPS) is 17.0. The second kappa shape index (κ2) is 7.59. The zero-order valence-electron chi connectivity index (χ0n) is 14.0. The largest absolute Gasteiger partial charge is 0.418 e. The van der Waals surface area contributed by atoms with Gasteiger partial charge in [0.15, 0.2) is 0 Å². The Morgan fingerprint density at radius 2 is 2.04 bits per heavy atom. The van der Waals surface area contributed by atoms with Crippen molar-refractivity contribution in [3.8, 4) is 0 Å². The van der Waals surface area contributed by atoms with Gasteiger partial charge in [0, 0.05) is 25.0 Å². The lowest BCUT2D eigenvalue weighted by atomic mass is 10.0. The molecule has 3 rings (SSSR count). The van der Waals surface area contributed by atoms with Crippen LogP contribution in [0.4, 0.5) is 18.9 Å². The van der Waals surface area contributed by atoms with Gasteiger partial charge in [-0.1, -0.05) is 24.3 Å². The van der Waals surface area contributed by atoms with Gasteiger partial charge in [0.25, 0.3) is 0 Å². The van der Waals surface area contributed by atoms with Crippen LogP contribution in [0.25, 0.3) is 0 Å². The minimum absolute atomic E-state index is 0.0309. The van der Waals surface area contributed by atoms with Gasteiger partial charge in [0.2, 0.25) is 5.91 Å². The Labute approximate surface area is 149 Å². The molecule has 136 valence electrons. The number of alkyl halides is 3. The maximum Gasteiger partial charge on any atom is 0.418 e. The summed E-state index contributed by atoms with van der Waals surface area (Å²) >= 11 is 0. The fourth-order valence-corrected chi connectivity index (χ4v) is 2.91. The molecule has 0 aliphatic carbocycles. The summed E-state index contributed by atoms with van der Waals surface area (Å²) in [5.74, 6) is -0.493. The number of carbonyl (C=O) groups is 1. The third kappa shape index (κ3) is 4.22. The number of amides is 1. The third-order valence-electron chi connectivity index (χ3n) is 4.12. The van der Waals surface area contributed by atoms with E-state index < -0.39 is 17.6 Å². The van der Waals surface area contributed by atoms with Crippen LogP contribution in [0.1, 0.15) is 12.0 Å². The van der Waals surface area contributed by atoms with Crippen molar-refractivity contribution in [2.45, 2.75) is 12.6 Å². The van der Waals surface area contributed by atoms with Gasteiger partial charge < -0.3 is 10.2 Å². The molecule has 1 amide bonds. The van der Waals surface area contributed by atoms with Crippen molar-refractivity contribution >= 4 is 17.8 Å². The van der Waals surface area contributed by atoms with E-state index in [1.165, 1.54) is 18.2 Å². The summed E-state index contributed by atoms with van der Waals surface area (Å²) in [5.41, 5.74) is 0.881. The van der Waals surface area contributed by atoms with Gasteiger partial charge in [0.05, 0.1) is 17.8 Å².